The summed E-state index contributed by atoms with van der Waals surface area (Å²) in [5, 5.41) is 4.28. The third kappa shape index (κ3) is 8.26. The Bertz CT molecular complexity index is 1210. The summed E-state index contributed by atoms with van der Waals surface area (Å²) < 4.78 is 0. The maximum Gasteiger partial charge on any atom is 0.243 e. The number of rotatable bonds is 10. The predicted octanol–water partition coefficient (Wildman–Crippen LogP) is 7.48. The van der Waals surface area contributed by atoms with Crippen LogP contribution in [-0.4, -0.2) is 34.6 Å². The fraction of sp³-hybridized carbons (Fsp3) is 0.355. The molecule has 0 spiro atoms. The van der Waals surface area contributed by atoms with Gasteiger partial charge in [0.25, 0.3) is 0 Å². The molecule has 4 rings (SSSR count). The molecular formula is C31H34Cl2N2O2S. The van der Waals surface area contributed by atoms with Gasteiger partial charge in [0.05, 0.1) is 5.75 Å². The van der Waals surface area contributed by atoms with Crippen LogP contribution in [0, 0.1) is 6.92 Å². The van der Waals surface area contributed by atoms with Crippen LogP contribution in [0.15, 0.2) is 77.7 Å². The van der Waals surface area contributed by atoms with Gasteiger partial charge in [0.1, 0.15) is 6.04 Å². The van der Waals surface area contributed by atoms with Gasteiger partial charge in [-0.15, -0.1) is 11.8 Å². The molecule has 1 aliphatic carbocycles. The number of halogens is 2. The summed E-state index contributed by atoms with van der Waals surface area (Å²) in [4.78, 5) is 30.4. The van der Waals surface area contributed by atoms with Gasteiger partial charge < -0.3 is 10.2 Å². The largest absolute Gasteiger partial charge is 0.352 e. The van der Waals surface area contributed by atoms with Crippen molar-refractivity contribution in [2.45, 2.75) is 69.0 Å². The van der Waals surface area contributed by atoms with Gasteiger partial charge in [-0.1, -0.05) is 96.6 Å². The highest BCUT2D eigenvalue weighted by Gasteiger charge is 2.32. The molecule has 1 N–H and O–H groups in total. The molecule has 3 aromatic rings. The molecule has 200 valence electrons. The first-order chi connectivity index (χ1) is 18.4. The van der Waals surface area contributed by atoms with Crippen molar-refractivity contribution in [2.75, 3.05) is 5.75 Å². The summed E-state index contributed by atoms with van der Waals surface area (Å²) in [6, 6.07) is 22.7. The van der Waals surface area contributed by atoms with E-state index in [-0.39, 0.29) is 30.2 Å². The zero-order chi connectivity index (χ0) is 26.9. The fourth-order valence-electron chi connectivity index (χ4n) is 4.79. The van der Waals surface area contributed by atoms with Crippen LogP contribution in [0.3, 0.4) is 0 Å². The van der Waals surface area contributed by atoms with Crippen molar-refractivity contribution >= 4 is 46.8 Å². The topological polar surface area (TPSA) is 49.4 Å². The molecule has 2 amide bonds. The van der Waals surface area contributed by atoms with Gasteiger partial charge in [0.2, 0.25) is 11.8 Å². The summed E-state index contributed by atoms with van der Waals surface area (Å²) in [6.45, 7) is 2.26. The number of amides is 2. The Morgan fingerprint density at radius 2 is 1.68 bits per heavy atom. The number of aryl methyl sites for hydroxylation is 1. The van der Waals surface area contributed by atoms with E-state index >= 15 is 0 Å². The van der Waals surface area contributed by atoms with Crippen LogP contribution in [0.25, 0.3) is 0 Å². The van der Waals surface area contributed by atoms with E-state index in [1.54, 1.807) is 17.0 Å². The molecule has 38 heavy (non-hydrogen) atoms. The van der Waals surface area contributed by atoms with Crippen LogP contribution in [0.5, 0.6) is 0 Å². The first kappa shape index (κ1) is 28.5. The lowest BCUT2D eigenvalue weighted by Crippen LogP contribution is -2.53. The standard InChI is InChI=1S/C31H34Cl2N2O2S/c1-22-12-16-27(17-13-22)38-21-30(36)35(20-24-14-15-25(32)19-28(24)33)29(18-23-8-4-2-5-9-23)31(37)34-26-10-6-3-7-11-26/h2,4-5,8-9,12-17,19,26,29H,3,6-7,10-11,18,20-21H2,1H3,(H,34,37)/t29-/m0/s1. The van der Waals surface area contributed by atoms with E-state index in [1.807, 2.05) is 67.6 Å². The third-order valence-corrected chi connectivity index (χ3v) is 8.55. The second-order valence-electron chi connectivity index (χ2n) is 9.91. The monoisotopic (exact) mass is 568 g/mol. The highest BCUT2D eigenvalue weighted by Crippen LogP contribution is 2.26. The van der Waals surface area contributed by atoms with Gasteiger partial charge >= 0.3 is 0 Å². The van der Waals surface area contributed by atoms with Crippen molar-refractivity contribution in [1.82, 2.24) is 10.2 Å². The average molecular weight is 570 g/mol. The minimum atomic E-state index is -0.669. The molecule has 0 bridgehead atoms. The van der Waals surface area contributed by atoms with Crippen LogP contribution >= 0.6 is 35.0 Å². The maximum absolute atomic E-state index is 13.9. The number of nitrogens with zero attached hydrogens (tertiary/aromatic N) is 1. The highest BCUT2D eigenvalue weighted by atomic mass is 35.5. The molecule has 0 unspecified atom stereocenters. The van der Waals surface area contributed by atoms with Crippen molar-refractivity contribution in [3.63, 3.8) is 0 Å². The predicted molar refractivity (Wildman–Crippen MR) is 158 cm³/mol. The number of hydrogen-bond acceptors (Lipinski definition) is 3. The van der Waals surface area contributed by atoms with E-state index in [0.29, 0.717) is 16.5 Å². The number of hydrogen-bond donors (Lipinski definition) is 1. The normalized spacial score (nSPS) is 14.6. The van der Waals surface area contributed by atoms with E-state index in [9.17, 15) is 9.59 Å². The van der Waals surface area contributed by atoms with Crippen LogP contribution in [0.4, 0.5) is 0 Å². The highest BCUT2D eigenvalue weighted by molar-refractivity contribution is 8.00. The molecule has 1 fully saturated rings. The number of thioether (sulfide) groups is 1. The number of nitrogens with one attached hydrogen (secondary N) is 1. The van der Waals surface area contributed by atoms with Crippen molar-refractivity contribution in [3.05, 3.63) is 99.5 Å². The van der Waals surface area contributed by atoms with Crippen LogP contribution in [0.2, 0.25) is 10.0 Å². The number of carbonyl (C=O) groups excluding carboxylic acids is 2. The second-order valence-corrected chi connectivity index (χ2v) is 11.8. The van der Waals surface area contributed by atoms with Crippen molar-refractivity contribution in [3.8, 4) is 0 Å². The molecule has 0 aliphatic heterocycles. The lowest BCUT2D eigenvalue weighted by molar-refractivity contribution is -0.139. The van der Waals surface area contributed by atoms with Gasteiger partial charge in [-0.3, -0.25) is 9.59 Å². The summed E-state index contributed by atoms with van der Waals surface area (Å²) in [7, 11) is 0. The minimum Gasteiger partial charge on any atom is -0.352 e. The Hall–Kier alpha value is -2.47. The summed E-state index contributed by atoms with van der Waals surface area (Å²) in [5.74, 6) is -0.00292. The van der Waals surface area contributed by atoms with Crippen molar-refractivity contribution < 1.29 is 9.59 Å². The van der Waals surface area contributed by atoms with Crippen molar-refractivity contribution in [1.29, 1.82) is 0 Å². The fourth-order valence-corrected chi connectivity index (χ4v) is 6.05. The average Bonchev–Trinajstić information content (AvgIpc) is 2.92. The van der Waals surface area contributed by atoms with Gasteiger partial charge in [-0.25, -0.2) is 0 Å². The SMILES string of the molecule is Cc1ccc(SCC(=O)N(Cc2ccc(Cl)cc2Cl)[C@@H](Cc2ccccc2)C(=O)NC2CCCCC2)cc1. The van der Waals surface area contributed by atoms with E-state index in [1.165, 1.54) is 23.7 Å². The summed E-state index contributed by atoms with van der Waals surface area (Å²) in [6.07, 6.45) is 5.81. The Morgan fingerprint density at radius 3 is 2.37 bits per heavy atom. The molecule has 1 atom stereocenters. The van der Waals surface area contributed by atoms with Gasteiger partial charge in [-0.05, 0) is 55.2 Å². The molecule has 7 heteroatoms. The van der Waals surface area contributed by atoms with E-state index in [0.717, 1.165) is 41.7 Å². The Balaban J connectivity index is 1.62. The minimum absolute atomic E-state index is 0.110. The maximum atomic E-state index is 13.9. The molecule has 0 heterocycles. The smallest absolute Gasteiger partial charge is 0.243 e. The van der Waals surface area contributed by atoms with Gasteiger partial charge in [0.15, 0.2) is 0 Å². The van der Waals surface area contributed by atoms with Crippen LogP contribution in [0.1, 0.15) is 48.8 Å². The second kappa shape index (κ2) is 14.1. The molecule has 0 saturated heterocycles. The van der Waals surface area contributed by atoms with Crippen LogP contribution in [-0.2, 0) is 22.6 Å². The summed E-state index contributed by atoms with van der Waals surface area (Å²) >= 11 is 14.2. The Kier molecular flexibility index (Phi) is 10.6. The lowest BCUT2D eigenvalue weighted by Gasteiger charge is -2.33. The zero-order valence-electron chi connectivity index (χ0n) is 21.7. The Morgan fingerprint density at radius 1 is 0.974 bits per heavy atom. The molecule has 1 saturated carbocycles. The molecule has 0 aromatic heterocycles. The first-order valence-corrected chi connectivity index (χ1v) is 14.9. The quantitative estimate of drug-likeness (QED) is 0.258. The van der Waals surface area contributed by atoms with Crippen LogP contribution < -0.4 is 5.32 Å². The number of benzene rings is 3. The number of carbonyl (C=O) groups is 2. The zero-order valence-corrected chi connectivity index (χ0v) is 24.0. The third-order valence-electron chi connectivity index (χ3n) is 6.96. The lowest BCUT2D eigenvalue weighted by atomic mass is 9.94. The molecule has 3 aromatic carbocycles. The molecule has 4 nitrogen and oxygen atoms in total. The van der Waals surface area contributed by atoms with Gasteiger partial charge in [0, 0.05) is 33.9 Å². The molecular weight excluding hydrogens is 535 g/mol. The van der Waals surface area contributed by atoms with Gasteiger partial charge in [-0.2, -0.15) is 0 Å². The van der Waals surface area contributed by atoms with Crippen molar-refractivity contribution in [2.24, 2.45) is 0 Å². The van der Waals surface area contributed by atoms with E-state index < -0.39 is 6.04 Å². The first-order valence-electron chi connectivity index (χ1n) is 13.2. The summed E-state index contributed by atoms with van der Waals surface area (Å²) in [5.41, 5.74) is 2.93. The van der Waals surface area contributed by atoms with E-state index in [2.05, 4.69) is 5.32 Å². The molecule has 1 aliphatic rings. The molecule has 0 radical (unpaired) electrons. The van der Waals surface area contributed by atoms with E-state index in [4.69, 9.17) is 23.2 Å². The Labute approximate surface area is 240 Å².